The Balaban J connectivity index is 1.75. The maximum absolute atomic E-state index is 2.42. The molecule has 4 saturated carbocycles. The second-order valence-corrected chi connectivity index (χ2v) is 6.14. The molecule has 0 radical (unpaired) electrons. The van der Waals surface area contributed by atoms with E-state index in [1.165, 1.54) is 11.8 Å². The summed E-state index contributed by atoms with van der Waals surface area (Å²) in [6, 6.07) is 9.33. The minimum absolute atomic E-state index is 1.03. The van der Waals surface area contributed by atoms with E-state index in [1.54, 1.807) is 11.1 Å². The van der Waals surface area contributed by atoms with E-state index in [2.05, 4.69) is 24.3 Å². The molecule has 0 heterocycles. The molecule has 4 unspecified atom stereocenters. The number of hydrogen-bond donors (Lipinski definition) is 0. The summed E-state index contributed by atoms with van der Waals surface area (Å²) in [4.78, 5) is 0. The Hall–Kier alpha value is -0.780. The van der Waals surface area contributed by atoms with Gasteiger partial charge in [0.15, 0.2) is 0 Å². The maximum Gasteiger partial charge on any atom is -0.00908 e. The van der Waals surface area contributed by atoms with E-state index in [9.17, 15) is 0 Å². The van der Waals surface area contributed by atoms with Crippen LogP contribution in [-0.4, -0.2) is 0 Å². The van der Waals surface area contributed by atoms with Crippen molar-refractivity contribution in [3.05, 3.63) is 35.4 Å². The minimum Gasteiger partial charge on any atom is -0.0620 e. The van der Waals surface area contributed by atoms with Crippen molar-refractivity contribution in [1.82, 2.24) is 0 Å². The lowest BCUT2D eigenvalue weighted by atomic mass is 9.11. The Morgan fingerprint density at radius 1 is 0.571 bits per heavy atom. The van der Waals surface area contributed by atoms with Gasteiger partial charge in [0.2, 0.25) is 0 Å². The molecule has 0 N–H and O–H groups in total. The van der Waals surface area contributed by atoms with Gasteiger partial charge >= 0.3 is 0 Å². The lowest BCUT2D eigenvalue weighted by Gasteiger charge is -2.93. The van der Waals surface area contributed by atoms with Crippen LogP contribution in [0.4, 0.5) is 0 Å². The standard InChI is InChI=1S/C14H12/c1-2-4-6-5(3-1)7-9-11-8(6)12-10(7)13(9)14(11)12/h1-4,7-14H/t7?,8?,9-,10+,11-,12+,13?,14?. The molecule has 6 aliphatic carbocycles. The van der Waals surface area contributed by atoms with Crippen molar-refractivity contribution in [3.63, 3.8) is 0 Å². The Labute approximate surface area is 83.3 Å². The van der Waals surface area contributed by atoms with E-state index in [4.69, 9.17) is 0 Å². The Kier molecular flexibility index (Phi) is 0.592. The van der Waals surface area contributed by atoms with Gasteiger partial charge in [0.25, 0.3) is 0 Å². The van der Waals surface area contributed by atoms with Crippen LogP contribution in [0.2, 0.25) is 0 Å². The van der Waals surface area contributed by atoms with Gasteiger partial charge in [-0.1, -0.05) is 24.3 Å². The second-order valence-electron chi connectivity index (χ2n) is 6.14. The second kappa shape index (κ2) is 1.39. The summed E-state index contributed by atoms with van der Waals surface area (Å²) in [5, 5.41) is 0. The average Bonchev–Trinajstić information content (AvgIpc) is 2.20. The van der Waals surface area contributed by atoms with Crippen molar-refractivity contribution in [1.29, 1.82) is 0 Å². The third-order valence-electron chi connectivity index (χ3n) is 6.48. The van der Waals surface area contributed by atoms with Crippen LogP contribution in [0, 0.1) is 35.5 Å². The SMILES string of the molecule is c1ccc2c(c1)C1[C@@H]3C4C5[C@H]3C2[C@@H]5[C@@H]14. The Morgan fingerprint density at radius 3 is 1.43 bits per heavy atom. The summed E-state index contributed by atoms with van der Waals surface area (Å²) in [6.45, 7) is 0. The highest BCUT2D eigenvalue weighted by Crippen LogP contribution is 2.94. The minimum atomic E-state index is 1.03. The van der Waals surface area contributed by atoms with Crippen molar-refractivity contribution >= 4 is 0 Å². The largest absolute Gasteiger partial charge is 0.0620 e. The van der Waals surface area contributed by atoms with Crippen molar-refractivity contribution in [3.8, 4) is 0 Å². The van der Waals surface area contributed by atoms with E-state index in [-0.39, 0.29) is 0 Å². The smallest absolute Gasteiger partial charge is 0.00908 e. The predicted molar refractivity (Wildman–Crippen MR) is 52.9 cm³/mol. The molecule has 0 spiro atoms. The van der Waals surface area contributed by atoms with Crippen molar-refractivity contribution in [2.24, 2.45) is 35.5 Å². The third-order valence-corrected chi connectivity index (χ3v) is 6.48. The molecule has 0 amide bonds. The molecule has 6 aliphatic rings. The van der Waals surface area contributed by atoms with E-state index in [1.807, 2.05) is 0 Å². The van der Waals surface area contributed by atoms with Crippen LogP contribution in [0.15, 0.2) is 24.3 Å². The van der Waals surface area contributed by atoms with Gasteiger partial charge in [-0.2, -0.15) is 0 Å². The highest BCUT2D eigenvalue weighted by molar-refractivity contribution is 5.55. The fourth-order valence-corrected chi connectivity index (χ4v) is 6.36. The van der Waals surface area contributed by atoms with Crippen LogP contribution in [0.5, 0.6) is 0 Å². The summed E-state index contributed by atoms with van der Waals surface area (Å²) in [5.41, 5.74) is 3.52. The van der Waals surface area contributed by atoms with E-state index in [0.29, 0.717) is 0 Å². The molecule has 0 nitrogen and oxygen atoms in total. The molecule has 0 aromatic heterocycles. The van der Waals surface area contributed by atoms with Crippen LogP contribution in [0.25, 0.3) is 0 Å². The molecule has 8 atom stereocenters. The first-order chi connectivity index (χ1) is 6.98. The molecular formula is C14H12. The van der Waals surface area contributed by atoms with Crippen LogP contribution < -0.4 is 0 Å². The van der Waals surface area contributed by atoms with E-state index < -0.39 is 0 Å². The highest BCUT2D eigenvalue weighted by atomic mass is 14.9. The molecule has 0 heteroatoms. The summed E-state index contributed by atoms with van der Waals surface area (Å²) in [5.74, 6) is 9.15. The predicted octanol–water partition coefficient (Wildman–Crippen LogP) is 2.62. The van der Waals surface area contributed by atoms with E-state index in [0.717, 1.165) is 35.5 Å². The number of hydrogen-bond acceptors (Lipinski definition) is 0. The average molecular weight is 180 g/mol. The molecule has 7 rings (SSSR count). The first kappa shape index (κ1) is 5.95. The molecule has 4 fully saturated rings. The lowest BCUT2D eigenvalue weighted by Crippen LogP contribution is -2.87. The zero-order valence-corrected chi connectivity index (χ0v) is 7.93. The molecule has 2 bridgehead atoms. The van der Waals surface area contributed by atoms with Crippen LogP contribution in [0.1, 0.15) is 23.0 Å². The fourth-order valence-electron chi connectivity index (χ4n) is 6.36. The van der Waals surface area contributed by atoms with Gasteiger partial charge < -0.3 is 0 Å². The fraction of sp³-hybridized carbons (Fsp3) is 0.571. The summed E-state index contributed by atoms with van der Waals surface area (Å²) >= 11 is 0. The van der Waals surface area contributed by atoms with Gasteiger partial charge in [-0.3, -0.25) is 0 Å². The van der Waals surface area contributed by atoms with Gasteiger partial charge in [0, 0.05) is 0 Å². The first-order valence-corrected chi connectivity index (χ1v) is 6.07. The normalized spacial score (nSPS) is 66.6. The molecule has 0 saturated heterocycles. The monoisotopic (exact) mass is 180 g/mol. The first-order valence-electron chi connectivity index (χ1n) is 6.07. The Morgan fingerprint density at radius 2 is 1.00 bits per heavy atom. The number of benzene rings is 1. The zero-order valence-electron chi connectivity index (χ0n) is 7.93. The molecule has 0 aliphatic heterocycles. The summed E-state index contributed by atoms with van der Waals surface area (Å²) in [6.07, 6.45) is 0. The van der Waals surface area contributed by atoms with Gasteiger partial charge in [-0.05, 0) is 58.5 Å². The molecule has 1 aromatic rings. The molecular weight excluding hydrogens is 168 g/mol. The van der Waals surface area contributed by atoms with Gasteiger partial charge in [-0.15, -0.1) is 0 Å². The molecule has 68 valence electrons. The topological polar surface area (TPSA) is 0 Å². The maximum atomic E-state index is 2.42. The third kappa shape index (κ3) is 0.303. The molecule has 14 heavy (non-hydrogen) atoms. The van der Waals surface area contributed by atoms with Crippen molar-refractivity contribution in [2.45, 2.75) is 11.8 Å². The highest BCUT2D eigenvalue weighted by Gasteiger charge is 2.88. The number of rotatable bonds is 0. The van der Waals surface area contributed by atoms with Crippen LogP contribution >= 0.6 is 0 Å². The zero-order chi connectivity index (χ0) is 8.60. The van der Waals surface area contributed by atoms with Gasteiger partial charge in [0.05, 0.1) is 0 Å². The summed E-state index contributed by atoms with van der Waals surface area (Å²) < 4.78 is 0. The van der Waals surface area contributed by atoms with E-state index >= 15 is 0 Å². The van der Waals surface area contributed by atoms with Crippen LogP contribution in [-0.2, 0) is 0 Å². The van der Waals surface area contributed by atoms with Gasteiger partial charge in [-0.25, -0.2) is 0 Å². The lowest BCUT2D eigenvalue weighted by molar-refractivity contribution is -0.407. The van der Waals surface area contributed by atoms with Crippen molar-refractivity contribution < 1.29 is 0 Å². The quantitative estimate of drug-likeness (QED) is 0.575. The van der Waals surface area contributed by atoms with Gasteiger partial charge in [0.1, 0.15) is 0 Å². The summed E-state index contributed by atoms with van der Waals surface area (Å²) in [7, 11) is 0. The van der Waals surface area contributed by atoms with Crippen LogP contribution in [0.3, 0.4) is 0 Å². The molecule has 1 aromatic carbocycles. The van der Waals surface area contributed by atoms with Crippen molar-refractivity contribution in [2.75, 3.05) is 0 Å². The Bertz CT molecular complexity index is 424.